The SMILES string of the molecule is CC/C=C\C/C=C\C/C=C\C/C=C\C/C=C\CCCCCCCC(=O)OC(COC(=O)CCCCCCCC/C=C\C/C=C\C/C=C\CCCCCCC)COC(=O)CCCCCCCCCCCCC/C=C\CCCCCCCCCC. The molecule has 0 bridgehead atoms. The topological polar surface area (TPSA) is 78.9 Å². The lowest BCUT2D eigenvalue weighted by molar-refractivity contribution is -0.167. The highest BCUT2D eigenvalue weighted by Crippen LogP contribution is 2.16. The Labute approximate surface area is 514 Å². The molecular formula is C77H132O6. The Bertz CT molecular complexity index is 1660. The maximum Gasteiger partial charge on any atom is 0.306 e. The molecule has 0 heterocycles. The number of unbranched alkanes of at least 4 members (excludes halogenated alkanes) is 35. The van der Waals surface area contributed by atoms with E-state index in [4.69, 9.17) is 14.2 Å². The van der Waals surface area contributed by atoms with Crippen molar-refractivity contribution in [2.75, 3.05) is 13.2 Å². The second-order valence-electron chi connectivity index (χ2n) is 23.4. The molecule has 0 aliphatic heterocycles. The number of esters is 3. The molecule has 0 saturated carbocycles. The van der Waals surface area contributed by atoms with Gasteiger partial charge in [-0.25, -0.2) is 0 Å². The minimum absolute atomic E-state index is 0.0907. The molecule has 0 aliphatic rings. The smallest absolute Gasteiger partial charge is 0.306 e. The first-order chi connectivity index (χ1) is 41.0. The lowest BCUT2D eigenvalue weighted by Gasteiger charge is -2.18. The van der Waals surface area contributed by atoms with E-state index in [0.717, 1.165) is 128 Å². The number of allylic oxidation sites excluding steroid dienone is 18. The Morgan fingerprint density at radius 2 is 0.470 bits per heavy atom. The Kier molecular flexibility index (Phi) is 67.2. The number of hydrogen-bond acceptors (Lipinski definition) is 6. The fourth-order valence-electron chi connectivity index (χ4n) is 9.94. The van der Waals surface area contributed by atoms with Crippen molar-refractivity contribution in [2.24, 2.45) is 0 Å². The van der Waals surface area contributed by atoms with Crippen LogP contribution in [-0.2, 0) is 28.6 Å². The van der Waals surface area contributed by atoms with E-state index in [1.165, 1.54) is 173 Å². The van der Waals surface area contributed by atoms with Gasteiger partial charge in [-0.05, 0) is 128 Å². The second-order valence-corrected chi connectivity index (χ2v) is 23.4. The molecule has 0 radical (unpaired) electrons. The van der Waals surface area contributed by atoms with Gasteiger partial charge in [0.2, 0.25) is 0 Å². The first-order valence-electron chi connectivity index (χ1n) is 35.4. The van der Waals surface area contributed by atoms with Crippen LogP contribution in [0.3, 0.4) is 0 Å². The predicted molar refractivity (Wildman–Crippen MR) is 362 cm³/mol. The van der Waals surface area contributed by atoms with Crippen LogP contribution in [0.2, 0.25) is 0 Å². The molecule has 1 unspecified atom stereocenters. The molecule has 0 aromatic heterocycles. The zero-order chi connectivity index (χ0) is 59.9. The minimum atomic E-state index is -0.799. The Balaban J connectivity index is 4.44. The first-order valence-corrected chi connectivity index (χ1v) is 35.4. The average molecular weight is 1150 g/mol. The summed E-state index contributed by atoms with van der Waals surface area (Å²) in [5.41, 5.74) is 0. The highest BCUT2D eigenvalue weighted by atomic mass is 16.6. The van der Waals surface area contributed by atoms with Gasteiger partial charge in [0.25, 0.3) is 0 Å². The summed E-state index contributed by atoms with van der Waals surface area (Å²) < 4.78 is 17.0. The molecule has 0 rings (SSSR count). The Morgan fingerprint density at radius 1 is 0.253 bits per heavy atom. The van der Waals surface area contributed by atoms with E-state index in [1.54, 1.807) is 0 Å². The highest BCUT2D eigenvalue weighted by molar-refractivity contribution is 5.71. The van der Waals surface area contributed by atoms with E-state index >= 15 is 0 Å². The number of hydrogen-bond donors (Lipinski definition) is 0. The molecule has 0 aromatic rings. The summed E-state index contributed by atoms with van der Waals surface area (Å²) in [6, 6.07) is 0. The summed E-state index contributed by atoms with van der Waals surface area (Å²) in [5.74, 6) is -0.910. The van der Waals surface area contributed by atoms with E-state index < -0.39 is 6.10 Å². The summed E-state index contributed by atoms with van der Waals surface area (Å²) >= 11 is 0. The number of carbonyl (C=O) groups is 3. The van der Waals surface area contributed by atoms with Gasteiger partial charge in [-0.3, -0.25) is 14.4 Å². The van der Waals surface area contributed by atoms with Gasteiger partial charge in [0.05, 0.1) is 0 Å². The van der Waals surface area contributed by atoms with Crippen molar-refractivity contribution in [3.8, 4) is 0 Å². The second kappa shape index (κ2) is 70.6. The van der Waals surface area contributed by atoms with Crippen molar-refractivity contribution in [3.63, 3.8) is 0 Å². The van der Waals surface area contributed by atoms with E-state index in [0.29, 0.717) is 19.3 Å². The van der Waals surface area contributed by atoms with Crippen LogP contribution in [0, 0.1) is 0 Å². The van der Waals surface area contributed by atoms with Crippen molar-refractivity contribution in [3.05, 3.63) is 109 Å². The van der Waals surface area contributed by atoms with E-state index in [1.807, 2.05) is 0 Å². The molecule has 0 amide bonds. The van der Waals surface area contributed by atoms with Crippen molar-refractivity contribution in [1.29, 1.82) is 0 Å². The van der Waals surface area contributed by atoms with Crippen molar-refractivity contribution < 1.29 is 28.6 Å². The van der Waals surface area contributed by atoms with Gasteiger partial charge in [-0.2, -0.15) is 0 Å². The van der Waals surface area contributed by atoms with Crippen LogP contribution in [0.15, 0.2) is 109 Å². The molecule has 0 aromatic carbocycles. The van der Waals surface area contributed by atoms with Gasteiger partial charge < -0.3 is 14.2 Å². The Hall–Kier alpha value is -3.93. The van der Waals surface area contributed by atoms with Crippen molar-refractivity contribution >= 4 is 17.9 Å². The van der Waals surface area contributed by atoms with Gasteiger partial charge in [0.1, 0.15) is 13.2 Å². The number of rotatable bonds is 64. The standard InChI is InChI=1S/C77H132O6/c1-4-7-10-13-16-19-22-25-28-31-34-37-38-41-43-46-49-52-55-58-61-64-67-70-76(79)82-73-74(83-77(80)71-68-65-62-59-56-53-50-47-44-40-36-33-30-27-24-21-18-15-12-9-6-3)72-81-75(78)69-66-63-60-57-54-51-48-45-42-39-35-32-29-26-23-20-17-14-11-8-5-2/h9,12,18,21,23,26-27,30-32,34-36,40,42,45,47,50,74H,4-8,10-11,13-17,19-20,22,24-25,28-29,33,37-39,41,43-44,46,48-49,51-73H2,1-3H3/b12-9-,21-18-,26-23-,30-27-,34-31-,35-32-,40-36-,45-42-,50-47-. The van der Waals surface area contributed by atoms with E-state index in [2.05, 4.69) is 130 Å². The van der Waals surface area contributed by atoms with Gasteiger partial charge in [-0.1, -0.05) is 304 Å². The van der Waals surface area contributed by atoms with Crippen LogP contribution in [0.1, 0.15) is 342 Å². The zero-order valence-corrected chi connectivity index (χ0v) is 54.7. The number of carbonyl (C=O) groups excluding carboxylic acids is 3. The maximum absolute atomic E-state index is 13.0. The highest BCUT2D eigenvalue weighted by Gasteiger charge is 2.19. The van der Waals surface area contributed by atoms with Gasteiger partial charge in [-0.15, -0.1) is 0 Å². The lowest BCUT2D eigenvalue weighted by Crippen LogP contribution is -2.30. The molecule has 6 heteroatoms. The van der Waals surface area contributed by atoms with Crippen LogP contribution in [-0.4, -0.2) is 37.2 Å². The van der Waals surface area contributed by atoms with Crippen LogP contribution in [0.4, 0.5) is 0 Å². The summed E-state index contributed by atoms with van der Waals surface area (Å²) in [6.07, 6.45) is 96.7. The lowest BCUT2D eigenvalue weighted by atomic mass is 10.0. The third kappa shape index (κ3) is 68.7. The minimum Gasteiger partial charge on any atom is -0.462 e. The van der Waals surface area contributed by atoms with Crippen LogP contribution in [0.5, 0.6) is 0 Å². The predicted octanol–water partition coefficient (Wildman–Crippen LogP) is 24.6. The first kappa shape index (κ1) is 79.1. The molecular weight excluding hydrogens is 1020 g/mol. The number of ether oxygens (including phenoxy) is 3. The largest absolute Gasteiger partial charge is 0.462 e. The van der Waals surface area contributed by atoms with Crippen LogP contribution in [0.25, 0.3) is 0 Å². The molecule has 0 spiro atoms. The summed E-state index contributed by atoms with van der Waals surface area (Å²) in [5, 5.41) is 0. The molecule has 6 nitrogen and oxygen atoms in total. The summed E-state index contributed by atoms with van der Waals surface area (Å²) in [6.45, 7) is 6.53. The molecule has 476 valence electrons. The Morgan fingerprint density at radius 3 is 0.747 bits per heavy atom. The maximum atomic E-state index is 13.0. The molecule has 0 N–H and O–H groups in total. The zero-order valence-electron chi connectivity index (χ0n) is 54.7. The van der Waals surface area contributed by atoms with Crippen LogP contribution < -0.4 is 0 Å². The quantitative estimate of drug-likeness (QED) is 0.0261. The molecule has 0 aliphatic carbocycles. The molecule has 0 fully saturated rings. The third-order valence-corrected chi connectivity index (χ3v) is 15.2. The fraction of sp³-hybridized carbons (Fsp3) is 0.727. The average Bonchev–Trinajstić information content (AvgIpc) is 3.49. The molecule has 0 saturated heterocycles. The monoisotopic (exact) mass is 1150 g/mol. The fourth-order valence-corrected chi connectivity index (χ4v) is 9.94. The van der Waals surface area contributed by atoms with E-state index in [-0.39, 0.29) is 31.1 Å². The molecule has 1 atom stereocenters. The van der Waals surface area contributed by atoms with Gasteiger partial charge in [0, 0.05) is 19.3 Å². The van der Waals surface area contributed by atoms with Gasteiger partial charge >= 0.3 is 17.9 Å². The van der Waals surface area contributed by atoms with Crippen molar-refractivity contribution in [1.82, 2.24) is 0 Å². The molecule has 83 heavy (non-hydrogen) atoms. The van der Waals surface area contributed by atoms with E-state index in [9.17, 15) is 14.4 Å². The van der Waals surface area contributed by atoms with Crippen LogP contribution >= 0.6 is 0 Å². The summed E-state index contributed by atoms with van der Waals surface area (Å²) in [7, 11) is 0. The van der Waals surface area contributed by atoms with Crippen molar-refractivity contribution in [2.45, 2.75) is 348 Å². The summed E-state index contributed by atoms with van der Waals surface area (Å²) in [4.78, 5) is 38.5. The third-order valence-electron chi connectivity index (χ3n) is 15.2. The normalized spacial score (nSPS) is 12.8. The van der Waals surface area contributed by atoms with Gasteiger partial charge in [0.15, 0.2) is 6.10 Å².